The maximum atomic E-state index is 11.0. The molecule has 0 heterocycles. The maximum absolute atomic E-state index is 11.0. The van der Waals surface area contributed by atoms with Crippen LogP contribution in [-0.2, 0) is 0 Å². The summed E-state index contributed by atoms with van der Waals surface area (Å²) in [6.45, 7) is 3.70. The lowest BCUT2D eigenvalue weighted by molar-refractivity contribution is 0.100. The highest BCUT2D eigenvalue weighted by atomic mass is 16.3. The van der Waals surface area contributed by atoms with E-state index < -0.39 is 5.91 Å². The molecule has 5 nitrogen and oxygen atoms in total. The summed E-state index contributed by atoms with van der Waals surface area (Å²) in [7, 11) is 0. The molecule has 20 heavy (non-hydrogen) atoms. The highest BCUT2D eigenvalue weighted by Crippen LogP contribution is 2.29. The van der Waals surface area contributed by atoms with Crippen LogP contribution in [0, 0.1) is 13.8 Å². The molecule has 1 amide bonds. The van der Waals surface area contributed by atoms with E-state index in [2.05, 4.69) is 10.2 Å². The van der Waals surface area contributed by atoms with Crippen LogP contribution in [0.1, 0.15) is 21.5 Å². The fraction of sp³-hybridized carbons (Fsp3) is 0.133. The summed E-state index contributed by atoms with van der Waals surface area (Å²) < 4.78 is 0. The molecule has 0 bridgehead atoms. The van der Waals surface area contributed by atoms with Crippen LogP contribution in [-0.4, -0.2) is 11.0 Å². The predicted octanol–water partition coefficient (Wildman–Crippen LogP) is 3.52. The summed E-state index contributed by atoms with van der Waals surface area (Å²) >= 11 is 0. The minimum atomic E-state index is -0.474. The molecule has 3 N–H and O–H groups in total. The van der Waals surface area contributed by atoms with Gasteiger partial charge in [-0.2, -0.15) is 10.2 Å². The molecular weight excluding hydrogens is 254 g/mol. The highest BCUT2D eigenvalue weighted by molar-refractivity contribution is 5.92. The Morgan fingerprint density at radius 2 is 1.65 bits per heavy atom. The van der Waals surface area contributed by atoms with Gasteiger partial charge < -0.3 is 10.8 Å². The molecule has 0 aromatic heterocycles. The number of nitrogens with zero attached hydrogens (tertiary/aromatic N) is 2. The summed E-state index contributed by atoms with van der Waals surface area (Å²) in [5.74, 6) is -0.231. The van der Waals surface area contributed by atoms with E-state index in [0.717, 1.165) is 11.1 Å². The van der Waals surface area contributed by atoms with E-state index in [1.54, 1.807) is 36.4 Å². The Labute approximate surface area is 116 Å². The first kappa shape index (κ1) is 13.7. The molecular formula is C15H15N3O2. The third kappa shape index (κ3) is 2.83. The van der Waals surface area contributed by atoms with E-state index >= 15 is 0 Å². The number of hydrogen-bond acceptors (Lipinski definition) is 4. The van der Waals surface area contributed by atoms with Crippen LogP contribution in [0.5, 0.6) is 5.75 Å². The Bertz CT molecular complexity index is 676. The maximum Gasteiger partial charge on any atom is 0.248 e. The molecule has 0 aliphatic rings. The normalized spacial score (nSPS) is 10.9. The van der Waals surface area contributed by atoms with E-state index in [1.165, 1.54) is 0 Å². The number of amides is 1. The number of aromatic hydroxyl groups is 1. The molecule has 102 valence electrons. The third-order valence-corrected chi connectivity index (χ3v) is 3.16. The van der Waals surface area contributed by atoms with Crippen molar-refractivity contribution in [3.05, 3.63) is 53.1 Å². The second kappa shape index (κ2) is 5.52. The number of hydrogen-bond donors (Lipinski definition) is 2. The minimum absolute atomic E-state index is 0.243. The Hall–Kier alpha value is -2.69. The molecule has 0 aliphatic carbocycles. The Morgan fingerprint density at radius 3 is 2.25 bits per heavy atom. The molecule has 0 atom stereocenters. The zero-order valence-corrected chi connectivity index (χ0v) is 11.3. The second-order valence-corrected chi connectivity index (χ2v) is 4.46. The second-order valence-electron chi connectivity index (χ2n) is 4.46. The summed E-state index contributed by atoms with van der Waals surface area (Å²) in [6.07, 6.45) is 0. The van der Waals surface area contributed by atoms with Crippen molar-refractivity contribution in [3.63, 3.8) is 0 Å². The Balaban J connectivity index is 2.25. The predicted molar refractivity (Wildman–Crippen MR) is 76.7 cm³/mol. The first-order chi connectivity index (χ1) is 9.49. The van der Waals surface area contributed by atoms with Gasteiger partial charge in [0.2, 0.25) is 5.91 Å². The molecule has 0 unspecified atom stereocenters. The lowest BCUT2D eigenvalue weighted by Crippen LogP contribution is -2.10. The molecule has 2 aromatic rings. The van der Waals surface area contributed by atoms with E-state index in [9.17, 15) is 9.90 Å². The van der Waals surface area contributed by atoms with E-state index in [1.807, 2.05) is 13.8 Å². The van der Waals surface area contributed by atoms with Crippen molar-refractivity contribution in [3.8, 4) is 5.75 Å². The molecule has 0 aliphatic heterocycles. The summed E-state index contributed by atoms with van der Waals surface area (Å²) in [5.41, 5.74) is 8.57. The average molecular weight is 269 g/mol. The monoisotopic (exact) mass is 269 g/mol. The molecule has 0 saturated heterocycles. The highest BCUT2D eigenvalue weighted by Gasteiger charge is 2.04. The van der Waals surface area contributed by atoms with Gasteiger partial charge in [0, 0.05) is 5.56 Å². The van der Waals surface area contributed by atoms with E-state index in [4.69, 9.17) is 5.73 Å². The van der Waals surface area contributed by atoms with Crippen molar-refractivity contribution >= 4 is 17.3 Å². The largest absolute Gasteiger partial charge is 0.508 e. The molecule has 0 saturated carbocycles. The fourth-order valence-electron chi connectivity index (χ4n) is 1.70. The van der Waals surface area contributed by atoms with Crippen LogP contribution in [0.2, 0.25) is 0 Å². The quantitative estimate of drug-likeness (QED) is 0.835. The molecule has 2 aromatic carbocycles. The number of nitrogens with two attached hydrogens (primary N) is 1. The molecule has 2 rings (SSSR count). The molecule has 5 heteroatoms. The number of phenols is 1. The Kier molecular flexibility index (Phi) is 3.79. The number of rotatable bonds is 3. The molecule has 0 spiro atoms. The number of carbonyl (C=O) groups excluding carboxylic acids is 1. The summed E-state index contributed by atoms with van der Waals surface area (Å²) in [6, 6.07) is 9.85. The summed E-state index contributed by atoms with van der Waals surface area (Å²) in [5, 5.41) is 17.8. The third-order valence-electron chi connectivity index (χ3n) is 3.16. The fourth-order valence-corrected chi connectivity index (χ4v) is 1.70. The van der Waals surface area contributed by atoms with Gasteiger partial charge in [0.05, 0.1) is 11.4 Å². The van der Waals surface area contributed by atoms with Gasteiger partial charge in [-0.3, -0.25) is 4.79 Å². The van der Waals surface area contributed by atoms with Crippen LogP contribution >= 0.6 is 0 Å². The number of phenolic OH excluding ortho intramolecular Hbond substituents is 1. The van der Waals surface area contributed by atoms with E-state index in [-0.39, 0.29) is 5.75 Å². The Morgan fingerprint density at radius 1 is 1.00 bits per heavy atom. The van der Waals surface area contributed by atoms with Gasteiger partial charge in [0.25, 0.3) is 0 Å². The van der Waals surface area contributed by atoms with Gasteiger partial charge in [0.15, 0.2) is 0 Å². The van der Waals surface area contributed by atoms with Gasteiger partial charge in [-0.15, -0.1) is 0 Å². The number of carbonyl (C=O) groups is 1. The van der Waals surface area contributed by atoms with Gasteiger partial charge in [-0.1, -0.05) is 0 Å². The van der Waals surface area contributed by atoms with Crippen molar-refractivity contribution in [2.75, 3.05) is 0 Å². The van der Waals surface area contributed by atoms with E-state index in [0.29, 0.717) is 16.9 Å². The van der Waals surface area contributed by atoms with Crippen molar-refractivity contribution in [2.24, 2.45) is 16.0 Å². The van der Waals surface area contributed by atoms with Crippen molar-refractivity contribution in [1.29, 1.82) is 0 Å². The van der Waals surface area contributed by atoms with Gasteiger partial charge in [-0.25, -0.2) is 0 Å². The van der Waals surface area contributed by atoms with Crippen molar-refractivity contribution < 1.29 is 9.90 Å². The van der Waals surface area contributed by atoms with Crippen LogP contribution in [0.15, 0.2) is 46.6 Å². The van der Waals surface area contributed by atoms with Crippen LogP contribution in [0.25, 0.3) is 0 Å². The zero-order valence-electron chi connectivity index (χ0n) is 11.3. The standard InChI is InChI=1S/C15H15N3O2/c1-9-10(2)14(19)8-7-13(9)18-17-12-5-3-11(4-6-12)15(16)20/h3-8,19H,1-2H3,(H2,16,20). The van der Waals surface area contributed by atoms with Crippen LogP contribution < -0.4 is 5.73 Å². The van der Waals surface area contributed by atoms with Gasteiger partial charge in [-0.05, 0) is 61.4 Å². The van der Waals surface area contributed by atoms with Gasteiger partial charge in [0.1, 0.15) is 5.75 Å². The first-order valence-electron chi connectivity index (χ1n) is 6.10. The van der Waals surface area contributed by atoms with Crippen molar-refractivity contribution in [1.82, 2.24) is 0 Å². The molecule has 0 fully saturated rings. The lowest BCUT2D eigenvalue weighted by Gasteiger charge is -2.05. The number of primary amides is 1. The zero-order chi connectivity index (χ0) is 14.7. The SMILES string of the molecule is Cc1c(O)ccc(N=Nc2ccc(C(N)=O)cc2)c1C. The van der Waals surface area contributed by atoms with Crippen molar-refractivity contribution in [2.45, 2.75) is 13.8 Å². The minimum Gasteiger partial charge on any atom is -0.508 e. The number of azo groups is 1. The van der Waals surface area contributed by atoms with Crippen LogP contribution in [0.4, 0.5) is 11.4 Å². The van der Waals surface area contributed by atoms with Crippen LogP contribution in [0.3, 0.4) is 0 Å². The lowest BCUT2D eigenvalue weighted by atomic mass is 10.1. The average Bonchev–Trinajstić information content (AvgIpc) is 2.44. The topological polar surface area (TPSA) is 88.0 Å². The smallest absolute Gasteiger partial charge is 0.248 e. The summed E-state index contributed by atoms with van der Waals surface area (Å²) in [4.78, 5) is 11.0. The first-order valence-corrected chi connectivity index (χ1v) is 6.10. The number of benzene rings is 2. The van der Waals surface area contributed by atoms with Gasteiger partial charge >= 0.3 is 0 Å². The molecule has 0 radical (unpaired) electrons.